The third-order valence-corrected chi connectivity index (χ3v) is 8.52. The minimum absolute atomic E-state index is 0.145. The second kappa shape index (κ2) is 9.06. The summed E-state index contributed by atoms with van der Waals surface area (Å²) >= 11 is 1.44. The van der Waals surface area contributed by atoms with Crippen LogP contribution in [-0.4, -0.2) is 64.5 Å². The Bertz CT molecular complexity index is 977. The number of hydrogen-bond donors (Lipinski definition) is 0. The number of fused-ring (bicyclic) bond motifs is 1. The number of nitrogens with zero attached hydrogens (tertiary/aromatic N) is 4. The van der Waals surface area contributed by atoms with Crippen molar-refractivity contribution in [2.24, 2.45) is 0 Å². The number of thioether (sulfide) groups is 1. The predicted molar refractivity (Wildman–Crippen MR) is 117 cm³/mol. The Morgan fingerprint density at radius 3 is 2.45 bits per heavy atom. The van der Waals surface area contributed by atoms with Crippen molar-refractivity contribution >= 4 is 38.7 Å². The van der Waals surface area contributed by atoms with Crippen LogP contribution in [0.15, 0.2) is 28.3 Å². The van der Waals surface area contributed by atoms with Crippen LogP contribution in [0.3, 0.4) is 0 Å². The topological polar surface area (TPSA) is 75.5 Å². The summed E-state index contributed by atoms with van der Waals surface area (Å²) < 4.78 is 29.2. The quantitative estimate of drug-likeness (QED) is 0.592. The molecule has 1 amide bonds. The summed E-state index contributed by atoms with van der Waals surface area (Å²) in [5, 5.41) is 0.522. The number of carbonyl (C=O) groups excluding carboxylic acids is 1. The first-order valence-corrected chi connectivity index (χ1v) is 12.6. The zero-order valence-electron chi connectivity index (χ0n) is 17.6. The zero-order chi connectivity index (χ0) is 21.2. The second-order valence-electron chi connectivity index (χ2n) is 7.17. The van der Waals surface area contributed by atoms with Crippen molar-refractivity contribution in [3.63, 3.8) is 0 Å². The third kappa shape index (κ3) is 4.32. The van der Waals surface area contributed by atoms with Gasteiger partial charge in [-0.15, -0.1) is 0 Å². The van der Waals surface area contributed by atoms with E-state index in [1.54, 1.807) is 12.1 Å². The monoisotopic (exact) mass is 438 g/mol. The predicted octanol–water partition coefficient (Wildman–Crippen LogP) is 3.19. The van der Waals surface area contributed by atoms with Gasteiger partial charge in [-0.1, -0.05) is 25.6 Å². The summed E-state index contributed by atoms with van der Waals surface area (Å²) in [6, 6.07) is 5.11. The smallest absolute Gasteiger partial charge is 0.243 e. The number of amides is 1. The highest BCUT2D eigenvalue weighted by molar-refractivity contribution is 8.00. The molecule has 1 saturated heterocycles. The molecule has 3 rings (SSSR count). The summed E-state index contributed by atoms with van der Waals surface area (Å²) in [5.74, 6) is 0.145. The molecule has 0 spiro atoms. The molecule has 9 heteroatoms. The van der Waals surface area contributed by atoms with Gasteiger partial charge in [-0.05, 0) is 44.9 Å². The maximum Gasteiger partial charge on any atom is 0.243 e. The molecule has 1 aliphatic rings. The van der Waals surface area contributed by atoms with Crippen LogP contribution >= 0.6 is 11.8 Å². The van der Waals surface area contributed by atoms with Crippen molar-refractivity contribution in [3.05, 3.63) is 18.2 Å². The second-order valence-corrected chi connectivity index (χ2v) is 10.4. The van der Waals surface area contributed by atoms with Crippen LogP contribution in [0.1, 0.15) is 40.5 Å². The molecular weight excluding hydrogens is 408 g/mol. The minimum atomic E-state index is -3.53. The molecule has 1 aromatic heterocycles. The number of sulfonamides is 1. The molecule has 0 N–H and O–H groups in total. The molecular formula is C20H30N4O3S2. The van der Waals surface area contributed by atoms with E-state index in [4.69, 9.17) is 0 Å². The lowest BCUT2D eigenvalue weighted by Gasteiger charge is -2.19. The molecule has 160 valence electrons. The van der Waals surface area contributed by atoms with Gasteiger partial charge < -0.3 is 9.47 Å². The molecule has 1 atom stereocenters. The highest BCUT2D eigenvalue weighted by Gasteiger charge is 2.27. The van der Waals surface area contributed by atoms with Crippen molar-refractivity contribution in [2.45, 2.75) is 62.4 Å². The lowest BCUT2D eigenvalue weighted by molar-refractivity contribution is -0.129. The third-order valence-electron chi connectivity index (χ3n) is 5.39. The molecule has 1 fully saturated rings. The van der Waals surface area contributed by atoms with Crippen LogP contribution in [0.4, 0.5) is 0 Å². The number of aromatic nitrogens is 2. The Morgan fingerprint density at radius 2 is 1.86 bits per heavy atom. The normalized spacial score (nSPS) is 16.1. The number of carbonyl (C=O) groups is 1. The van der Waals surface area contributed by atoms with E-state index in [0.29, 0.717) is 25.2 Å². The molecule has 0 saturated carbocycles. The lowest BCUT2D eigenvalue weighted by atomic mass is 10.3. The highest BCUT2D eigenvalue weighted by atomic mass is 32.2. The van der Waals surface area contributed by atoms with Crippen LogP contribution in [0.25, 0.3) is 11.0 Å². The average Bonchev–Trinajstić information content (AvgIpc) is 3.35. The number of hydrogen-bond acceptors (Lipinski definition) is 5. The fourth-order valence-electron chi connectivity index (χ4n) is 3.76. The van der Waals surface area contributed by atoms with E-state index < -0.39 is 10.0 Å². The van der Waals surface area contributed by atoms with Gasteiger partial charge in [0.25, 0.3) is 0 Å². The fourth-order valence-corrected chi connectivity index (χ4v) is 6.31. The average molecular weight is 439 g/mol. The number of imidazole rings is 1. The van der Waals surface area contributed by atoms with Crippen molar-refractivity contribution in [1.29, 1.82) is 0 Å². The molecule has 0 unspecified atom stereocenters. The molecule has 2 heterocycles. The molecule has 7 nitrogen and oxygen atoms in total. The Labute approximate surface area is 177 Å². The van der Waals surface area contributed by atoms with E-state index in [0.717, 1.165) is 36.6 Å². The fraction of sp³-hybridized carbons (Fsp3) is 0.600. The van der Waals surface area contributed by atoms with Gasteiger partial charge in [0.2, 0.25) is 15.9 Å². The van der Waals surface area contributed by atoms with Gasteiger partial charge in [-0.3, -0.25) is 4.79 Å². The molecule has 0 radical (unpaired) electrons. The molecule has 2 aromatic rings. The zero-order valence-corrected chi connectivity index (χ0v) is 19.2. The van der Waals surface area contributed by atoms with Gasteiger partial charge in [-0.2, -0.15) is 4.31 Å². The Kier molecular flexibility index (Phi) is 6.90. The first-order valence-electron chi connectivity index (χ1n) is 10.3. The standard InChI is InChI=1S/C20H30N4O3S2/c1-5-23(6-2)29(26,27)16-10-11-18-17(14-16)21-20(24(18)7-3)28-15(4)19(25)22-12-8-9-13-22/h10-11,14-15H,5-9,12-13H2,1-4H3/t15-/m1/s1. The summed E-state index contributed by atoms with van der Waals surface area (Å²) in [4.78, 5) is 19.5. The van der Waals surface area contributed by atoms with E-state index >= 15 is 0 Å². The number of likely N-dealkylation sites (tertiary alicyclic amines) is 1. The molecule has 0 aliphatic carbocycles. The van der Waals surface area contributed by atoms with Crippen molar-refractivity contribution in [3.8, 4) is 0 Å². The molecule has 29 heavy (non-hydrogen) atoms. The van der Waals surface area contributed by atoms with Gasteiger partial charge in [-0.25, -0.2) is 13.4 Å². The summed E-state index contributed by atoms with van der Waals surface area (Å²) in [6.07, 6.45) is 2.14. The van der Waals surface area contributed by atoms with Crippen molar-refractivity contribution < 1.29 is 13.2 Å². The first kappa shape index (κ1) is 22.1. The van der Waals surface area contributed by atoms with Gasteiger partial charge in [0.05, 0.1) is 21.2 Å². The van der Waals surface area contributed by atoms with E-state index in [2.05, 4.69) is 4.98 Å². The SMILES string of the molecule is CCN(CC)S(=O)(=O)c1ccc2c(c1)nc(S[C@H](C)C(=O)N1CCCC1)n2CC. The summed E-state index contributed by atoms with van der Waals surface area (Å²) in [7, 11) is -3.53. The number of rotatable bonds is 8. The van der Waals surface area contributed by atoms with Gasteiger partial charge >= 0.3 is 0 Å². The Hall–Kier alpha value is -1.58. The molecule has 1 aliphatic heterocycles. The summed E-state index contributed by atoms with van der Waals surface area (Å²) in [6.45, 7) is 10.8. The van der Waals surface area contributed by atoms with Gasteiger partial charge in [0, 0.05) is 32.7 Å². The maximum absolute atomic E-state index is 12.8. The van der Waals surface area contributed by atoms with Crippen molar-refractivity contribution in [1.82, 2.24) is 18.8 Å². The van der Waals surface area contributed by atoms with Gasteiger partial charge in [0.1, 0.15) is 0 Å². The van der Waals surface area contributed by atoms with Crippen molar-refractivity contribution in [2.75, 3.05) is 26.2 Å². The van der Waals surface area contributed by atoms with Crippen LogP contribution in [-0.2, 0) is 21.4 Å². The van der Waals surface area contributed by atoms with Crippen LogP contribution in [0.5, 0.6) is 0 Å². The van der Waals surface area contributed by atoms with Gasteiger partial charge in [0.15, 0.2) is 5.16 Å². The minimum Gasteiger partial charge on any atom is -0.342 e. The summed E-state index contributed by atoms with van der Waals surface area (Å²) in [5.41, 5.74) is 1.53. The number of benzene rings is 1. The van der Waals surface area contributed by atoms with E-state index in [1.165, 1.54) is 16.1 Å². The molecule has 1 aromatic carbocycles. The van der Waals surface area contributed by atoms with E-state index in [9.17, 15) is 13.2 Å². The maximum atomic E-state index is 12.8. The van der Waals surface area contributed by atoms with E-state index in [-0.39, 0.29) is 16.1 Å². The van der Waals surface area contributed by atoms with Crippen LogP contribution < -0.4 is 0 Å². The molecule has 0 bridgehead atoms. The van der Waals surface area contributed by atoms with Crippen LogP contribution in [0, 0.1) is 0 Å². The Morgan fingerprint density at radius 1 is 1.21 bits per heavy atom. The largest absolute Gasteiger partial charge is 0.342 e. The van der Waals surface area contributed by atoms with E-state index in [1.807, 2.05) is 43.2 Å². The highest BCUT2D eigenvalue weighted by Crippen LogP contribution is 2.30. The Balaban J connectivity index is 1.92. The number of aryl methyl sites for hydroxylation is 1. The first-order chi connectivity index (χ1) is 13.8. The lowest BCUT2D eigenvalue weighted by Crippen LogP contribution is -2.34. The van der Waals surface area contributed by atoms with Crippen LogP contribution in [0.2, 0.25) is 0 Å².